The second-order valence-electron chi connectivity index (χ2n) is 6.71. The van der Waals surface area contributed by atoms with Gasteiger partial charge in [0.05, 0.1) is 15.4 Å². The van der Waals surface area contributed by atoms with Gasteiger partial charge in [-0.15, -0.1) is 0 Å². The minimum atomic E-state index is -3.76. The lowest BCUT2D eigenvalue weighted by atomic mass is 10.2. The maximum Gasteiger partial charge on any atom is 0.257 e. The molecule has 1 N–H and O–H groups in total. The number of carbonyl (C=O) groups is 1. The number of piperidine rings is 1. The summed E-state index contributed by atoms with van der Waals surface area (Å²) in [6.07, 6.45) is 3.71. The fourth-order valence-electron chi connectivity index (χ4n) is 3.11. The zero-order valence-corrected chi connectivity index (χ0v) is 17.1. The average molecular weight is 423 g/mol. The molecule has 0 aromatic heterocycles. The molecule has 28 heavy (non-hydrogen) atoms. The number of nitrogens with one attached hydrogen (secondary N) is 1. The highest BCUT2D eigenvalue weighted by atomic mass is 32.2. The summed E-state index contributed by atoms with van der Waals surface area (Å²) in [5, 5.41) is 2.64. The molecule has 0 spiro atoms. The molecule has 3 rings (SSSR count). The van der Waals surface area contributed by atoms with Gasteiger partial charge in [-0.3, -0.25) is 4.79 Å². The lowest BCUT2D eigenvalue weighted by Gasteiger charge is -2.26. The van der Waals surface area contributed by atoms with E-state index in [0.29, 0.717) is 18.8 Å². The largest absolute Gasteiger partial charge is 0.322 e. The third-order valence-corrected chi connectivity index (χ3v) is 7.69. The Bertz CT molecular complexity index is 1070. The van der Waals surface area contributed by atoms with Gasteiger partial charge in [0.15, 0.2) is 9.84 Å². The number of sulfone groups is 1. The second-order valence-corrected chi connectivity index (χ2v) is 10.6. The average Bonchev–Trinajstić information content (AvgIpc) is 2.68. The highest BCUT2D eigenvalue weighted by Crippen LogP contribution is 2.24. The normalized spacial score (nSPS) is 15.9. The van der Waals surface area contributed by atoms with Crippen LogP contribution in [0.15, 0.2) is 58.3 Å². The van der Waals surface area contributed by atoms with Crippen LogP contribution in [0.1, 0.15) is 29.6 Å². The predicted molar refractivity (Wildman–Crippen MR) is 107 cm³/mol. The number of carbonyl (C=O) groups excluding carboxylic acids is 1. The minimum absolute atomic E-state index is 0.0258. The number of rotatable bonds is 5. The Balaban J connectivity index is 1.87. The van der Waals surface area contributed by atoms with Crippen LogP contribution in [0.3, 0.4) is 0 Å². The van der Waals surface area contributed by atoms with E-state index in [1.807, 2.05) is 0 Å². The first-order chi connectivity index (χ1) is 13.2. The predicted octanol–water partition coefficient (Wildman–Crippen LogP) is 2.52. The zero-order valence-electron chi connectivity index (χ0n) is 15.5. The van der Waals surface area contributed by atoms with Crippen molar-refractivity contribution >= 4 is 31.5 Å². The molecule has 0 bridgehead atoms. The number of hydrogen-bond acceptors (Lipinski definition) is 5. The van der Waals surface area contributed by atoms with Crippen molar-refractivity contribution < 1.29 is 21.6 Å². The van der Waals surface area contributed by atoms with Gasteiger partial charge in [0.25, 0.3) is 5.91 Å². The van der Waals surface area contributed by atoms with Crippen molar-refractivity contribution in [2.24, 2.45) is 0 Å². The lowest BCUT2D eigenvalue weighted by Crippen LogP contribution is -2.36. The topological polar surface area (TPSA) is 101 Å². The van der Waals surface area contributed by atoms with Crippen LogP contribution in [0, 0.1) is 0 Å². The van der Waals surface area contributed by atoms with Crippen LogP contribution in [-0.2, 0) is 19.9 Å². The van der Waals surface area contributed by atoms with E-state index in [1.165, 1.54) is 40.7 Å². The SMILES string of the molecule is CS(=O)(=O)c1ccc(NC(=O)c2ccccc2S(=O)(=O)N2CCCCC2)cc1. The smallest absolute Gasteiger partial charge is 0.257 e. The van der Waals surface area contributed by atoms with Gasteiger partial charge >= 0.3 is 0 Å². The molecule has 1 fully saturated rings. The molecule has 0 saturated carbocycles. The first-order valence-electron chi connectivity index (χ1n) is 8.90. The van der Waals surface area contributed by atoms with Gasteiger partial charge in [-0.2, -0.15) is 4.31 Å². The van der Waals surface area contributed by atoms with E-state index in [9.17, 15) is 21.6 Å². The molecule has 1 saturated heterocycles. The number of sulfonamides is 1. The highest BCUT2D eigenvalue weighted by molar-refractivity contribution is 7.90. The molecule has 1 aliphatic rings. The number of anilines is 1. The Hall–Kier alpha value is -2.23. The molecule has 150 valence electrons. The maximum absolute atomic E-state index is 13.0. The molecule has 2 aromatic rings. The Morgan fingerprint density at radius 2 is 1.50 bits per heavy atom. The molecule has 2 aromatic carbocycles. The molecule has 9 heteroatoms. The van der Waals surface area contributed by atoms with Crippen LogP contribution in [0.4, 0.5) is 5.69 Å². The third-order valence-electron chi connectivity index (χ3n) is 4.60. The summed E-state index contributed by atoms with van der Waals surface area (Å²) < 4.78 is 50.5. The summed E-state index contributed by atoms with van der Waals surface area (Å²) in [5.41, 5.74) is 0.433. The van der Waals surface area contributed by atoms with Crippen LogP contribution in [-0.4, -0.2) is 46.4 Å². The van der Waals surface area contributed by atoms with Crippen LogP contribution in [0.5, 0.6) is 0 Å². The molecule has 1 heterocycles. The summed E-state index contributed by atoms with van der Waals surface area (Å²) in [6, 6.07) is 11.8. The van der Waals surface area contributed by atoms with Gasteiger partial charge in [0, 0.05) is 25.0 Å². The van der Waals surface area contributed by atoms with Crippen molar-refractivity contribution in [2.75, 3.05) is 24.7 Å². The van der Waals surface area contributed by atoms with Gasteiger partial charge in [0.1, 0.15) is 0 Å². The Kier molecular flexibility index (Phi) is 5.87. The van der Waals surface area contributed by atoms with E-state index in [0.717, 1.165) is 25.5 Å². The first kappa shape index (κ1) is 20.5. The van der Waals surface area contributed by atoms with Crippen LogP contribution >= 0.6 is 0 Å². The summed E-state index contributed by atoms with van der Waals surface area (Å²) in [6.45, 7) is 0.899. The molecular weight excluding hydrogens is 400 g/mol. The highest BCUT2D eigenvalue weighted by Gasteiger charge is 2.29. The standard InChI is InChI=1S/C19H22N2O5S2/c1-27(23,24)16-11-9-15(10-12-16)20-19(22)17-7-3-4-8-18(17)28(25,26)21-13-5-2-6-14-21/h3-4,7-12H,2,5-6,13-14H2,1H3,(H,20,22). The molecule has 0 radical (unpaired) electrons. The van der Waals surface area contributed by atoms with Crippen molar-refractivity contribution in [3.8, 4) is 0 Å². The molecule has 1 aliphatic heterocycles. The summed E-state index contributed by atoms with van der Waals surface area (Å²) in [5.74, 6) is -0.566. The molecular formula is C19H22N2O5S2. The van der Waals surface area contributed by atoms with E-state index in [-0.39, 0.29) is 15.4 Å². The van der Waals surface area contributed by atoms with Gasteiger partial charge in [0.2, 0.25) is 10.0 Å². The fourth-order valence-corrected chi connectivity index (χ4v) is 5.44. The second kappa shape index (κ2) is 8.02. The van der Waals surface area contributed by atoms with E-state index in [4.69, 9.17) is 0 Å². The monoisotopic (exact) mass is 422 g/mol. The van der Waals surface area contributed by atoms with Crippen molar-refractivity contribution in [3.05, 3.63) is 54.1 Å². The van der Waals surface area contributed by atoms with Crippen LogP contribution in [0.2, 0.25) is 0 Å². The molecule has 1 amide bonds. The molecule has 0 unspecified atom stereocenters. The number of amides is 1. The lowest BCUT2D eigenvalue weighted by molar-refractivity contribution is 0.102. The summed E-state index contributed by atoms with van der Waals surface area (Å²) >= 11 is 0. The number of benzene rings is 2. The van der Waals surface area contributed by atoms with E-state index in [1.54, 1.807) is 12.1 Å². The number of hydrogen-bond donors (Lipinski definition) is 1. The summed E-state index contributed by atoms with van der Waals surface area (Å²) in [4.78, 5) is 12.8. The Morgan fingerprint density at radius 1 is 0.893 bits per heavy atom. The van der Waals surface area contributed by atoms with Crippen molar-refractivity contribution in [1.82, 2.24) is 4.31 Å². The van der Waals surface area contributed by atoms with Gasteiger partial charge in [-0.1, -0.05) is 18.6 Å². The fraction of sp³-hybridized carbons (Fsp3) is 0.316. The quantitative estimate of drug-likeness (QED) is 0.798. The third kappa shape index (κ3) is 4.43. The van der Waals surface area contributed by atoms with Crippen molar-refractivity contribution in [3.63, 3.8) is 0 Å². The van der Waals surface area contributed by atoms with E-state index < -0.39 is 25.8 Å². The van der Waals surface area contributed by atoms with Crippen LogP contribution < -0.4 is 5.32 Å². The zero-order chi connectivity index (χ0) is 20.4. The first-order valence-corrected chi connectivity index (χ1v) is 12.2. The molecule has 7 nitrogen and oxygen atoms in total. The van der Waals surface area contributed by atoms with E-state index >= 15 is 0 Å². The van der Waals surface area contributed by atoms with Crippen molar-refractivity contribution in [2.45, 2.75) is 29.1 Å². The van der Waals surface area contributed by atoms with Crippen LogP contribution in [0.25, 0.3) is 0 Å². The maximum atomic E-state index is 13.0. The Morgan fingerprint density at radius 3 is 2.11 bits per heavy atom. The molecule has 0 aliphatic carbocycles. The summed E-state index contributed by atoms with van der Waals surface area (Å²) in [7, 11) is -7.10. The van der Waals surface area contributed by atoms with Gasteiger partial charge in [-0.05, 0) is 49.2 Å². The number of nitrogens with zero attached hydrogens (tertiary/aromatic N) is 1. The Labute approximate surface area is 165 Å². The minimum Gasteiger partial charge on any atom is -0.322 e. The van der Waals surface area contributed by atoms with Gasteiger partial charge < -0.3 is 5.32 Å². The molecule has 0 atom stereocenters. The van der Waals surface area contributed by atoms with Crippen molar-refractivity contribution in [1.29, 1.82) is 0 Å². The van der Waals surface area contributed by atoms with E-state index in [2.05, 4.69) is 5.32 Å². The van der Waals surface area contributed by atoms with Gasteiger partial charge in [-0.25, -0.2) is 16.8 Å².